The quantitative estimate of drug-likeness (QED) is 0.375. The zero-order chi connectivity index (χ0) is 19.0. The molecule has 0 spiro atoms. The third kappa shape index (κ3) is 12.1. The van der Waals surface area contributed by atoms with E-state index in [1.807, 2.05) is 0 Å². The average molecular weight is 365 g/mol. The minimum absolute atomic E-state index is 0.247. The number of hydrogen-bond donors (Lipinski definition) is 4. The van der Waals surface area contributed by atoms with Crippen molar-refractivity contribution in [3.8, 4) is 0 Å². The van der Waals surface area contributed by atoms with E-state index in [-0.39, 0.29) is 18.0 Å². The predicted molar refractivity (Wildman–Crippen MR) is 103 cm³/mol. The van der Waals surface area contributed by atoms with E-state index in [0.717, 1.165) is 38.5 Å². The molecular weight excluding hydrogens is 334 g/mol. The molecule has 7 nitrogen and oxygen atoms in total. The van der Waals surface area contributed by atoms with Gasteiger partial charge in [0.25, 0.3) is 0 Å². The molecule has 0 saturated carbocycles. The van der Waals surface area contributed by atoms with E-state index in [1.54, 1.807) is 6.07 Å². The Bertz CT molecular complexity index is 586. The van der Waals surface area contributed by atoms with Crippen LogP contribution in [0, 0.1) is 0 Å². The molecular formula is C19H31N3O4. The monoisotopic (exact) mass is 365 g/mol. The van der Waals surface area contributed by atoms with Gasteiger partial charge in [0, 0.05) is 30.9 Å². The second kappa shape index (κ2) is 13.9. The Hall–Kier alpha value is -2.31. The fourth-order valence-electron chi connectivity index (χ4n) is 2.71. The number of urea groups is 1. The largest absolute Gasteiger partial charge is 0.481 e. The summed E-state index contributed by atoms with van der Waals surface area (Å²) in [7, 11) is 0. The summed E-state index contributed by atoms with van der Waals surface area (Å²) in [4.78, 5) is 35.7. The van der Waals surface area contributed by atoms with Crippen LogP contribution in [-0.2, 0) is 4.79 Å². The van der Waals surface area contributed by atoms with Crippen molar-refractivity contribution in [1.82, 2.24) is 10.3 Å². The van der Waals surface area contributed by atoms with Gasteiger partial charge in [-0.2, -0.15) is 0 Å². The van der Waals surface area contributed by atoms with Gasteiger partial charge in [-0.05, 0) is 18.9 Å². The molecule has 1 aromatic rings. The summed E-state index contributed by atoms with van der Waals surface area (Å²) >= 11 is 0. The molecule has 0 bridgehead atoms. The van der Waals surface area contributed by atoms with Crippen LogP contribution in [0.2, 0.25) is 0 Å². The zero-order valence-electron chi connectivity index (χ0n) is 15.4. The molecule has 26 heavy (non-hydrogen) atoms. The van der Waals surface area contributed by atoms with Crippen LogP contribution in [0.4, 0.5) is 10.5 Å². The van der Waals surface area contributed by atoms with E-state index in [4.69, 9.17) is 5.11 Å². The lowest BCUT2D eigenvalue weighted by Crippen LogP contribution is -2.29. The fourth-order valence-corrected chi connectivity index (χ4v) is 2.71. The molecule has 2 amide bonds. The molecule has 0 aliphatic heterocycles. The maximum absolute atomic E-state index is 11.7. The van der Waals surface area contributed by atoms with Crippen LogP contribution < -0.4 is 16.2 Å². The standard InChI is InChI=1S/C19H31N3O4/c23-17-15-16(12-14-20-17)22-19(26)21-13-10-8-6-4-2-1-3-5-7-9-11-18(24)25/h12,14-15H,1-11,13H2,(H,24,25)(H3,20,21,22,23,26). The first-order chi connectivity index (χ1) is 12.6. The molecule has 0 fully saturated rings. The van der Waals surface area contributed by atoms with Crippen molar-refractivity contribution in [3.05, 3.63) is 28.7 Å². The molecule has 0 saturated heterocycles. The second-order valence-corrected chi connectivity index (χ2v) is 6.50. The van der Waals surface area contributed by atoms with E-state index in [0.29, 0.717) is 12.2 Å². The van der Waals surface area contributed by atoms with E-state index in [9.17, 15) is 14.4 Å². The lowest BCUT2D eigenvalue weighted by atomic mass is 10.1. The van der Waals surface area contributed by atoms with Crippen molar-refractivity contribution in [2.24, 2.45) is 0 Å². The maximum atomic E-state index is 11.7. The van der Waals surface area contributed by atoms with Gasteiger partial charge in [-0.25, -0.2) is 4.79 Å². The molecule has 0 atom stereocenters. The molecule has 0 aromatic carbocycles. The lowest BCUT2D eigenvalue weighted by molar-refractivity contribution is -0.137. The number of carboxylic acids is 1. The van der Waals surface area contributed by atoms with Crippen molar-refractivity contribution >= 4 is 17.7 Å². The van der Waals surface area contributed by atoms with Crippen molar-refractivity contribution in [2.75, 3.05) is 11.9 Å². The minimum Gasteiger partial charge on any atom is -0.481 e. The molecule has 1 heterocycles. The number of nitrogens with one attached hydrogen (secondary N) is 3. The predicted octanol–water partition coefficient (Wildman–Crippen LogP) is 3.87. The Balaban J connectivity index is 1.86. The number of unbranched alkanes of at least 4 members (excludes halogenated alkanes) is 9. The first kappa shape index (κ1) is 21.7. The Morgan fingerprint density at radius 1 is 0.923 bits per heavy atom. The molecule has 1 rings (SSSR count). The van der Waals surface area contributed by atoms with Gasteiger partial charge in [0.1, 0.15) is 0 Å². The number of hydrogen-bond acceptors (Lipinski definition) is 3. The van der Waals surface area contributed by atoms with Gasteiger partial charge in [-0.3, -0.25) is 9.59 Å². The van der Waals surface area contributed by atoms with Crippen LogP contribution in [0.25, 0.3) is 0 Å². The molecule has 7 heteroatoms. The average Bonchev–Trinajstić information content (AvgIpc) is 2.58. The molecule has 0 aliphatic carbocycles. The van der Waals surface area contributed by atoms with Gasteiger partial charge in [0.2, 0.25) is 5.56 Å². The summed E-state index contributed by atoms with van der Waals surface area (Å²) in [6.07, 6.45) is 12.7. The van der Waals surface area contributed by atoms with Crippen molar-refractivity contribution in [3.63, 3.8) is 0 Å². The van der Waals surface area contributed by atoms with E-state index >= 15 is 0 Å². The van der Waals surface area contributed by atoms with Crippen LogP contribution in [0.3, 0.4) is 0 Å². The first-order valence-corrected chi connectivity index (χ1v) is 9.53. The fraction of sp³-hybridized carbons (Fsp3) is 0.632. The number of pyridine rings is 1. The summed E-state index contributed by atoms with van der Waals surface area (Å²) in [5, 5.41) is 14.0. The minimum atomic E-state index is -0.702. The van der Waals surface area contributed by atoms with Crippen molar-refractivity contribution in [2.45, 2.75) is 70.6 Å². The number of aromatic amines is 1. The van der Waals surface area contributed by atoms with E-state index < -0.39 is 5.97 Å². The van der Waals surface area contributed by atoms with Gasteiger partial charge in [-0.15, -0.1) is 0 Å². The van der Waals surface area contributed by atoms with Crippen LogP contribution in [0.1, 0.15) is 70.6 Å². The van der Waals surface area contributed by atoms with Gasteiger partial charge in [-0.1, -0.05) is 51.4 Å². The number of carboxylic acid groups (broad SMARTS) is 1. The lowest BCUT2D eigenvalue weighted by Gasteiger charge is -2.07. The number of H-pyrrole nitrogens is 1. The van der Waals surface area contributed by atoms with Gasteiger partial charge < -0.3 is 20.7 Å². The molecule has 4 N–H and O–H groups in total. The Kier molecular flexibility index (Phi) is 11.6. The number of carbonyl (C=O) groups excluding carboxylic acids is 1. The normalized spacial score (nSPS) is 10.5. The van der Waals surface area contributed by atoms with Crippen LogP contribution in [0.5, 0.6) is 0 Å². The molecule has 146 valence electrons. The number of aliphatic carboxylic acids is 1. The number of carbonyl (C=O) groups is 2. The molecule has 0 aliphatic rings. The number of amides is 2. The highest BCUT2D eigenvalue weighted by atomic mass is 16.4. The smallest absolute Gasteiger partial charge is 0.319 e. The summed E-state index contributed by atoms with van der Waals surface area (Å²) in [5.41, 5.74) is 0.234. The topological polar surface area (TPSA) is 111 Å². The SMILES string of the molecule is O=C(O)CCCCCCCCCCCCNC(=O)Nc1cc[nH]c(=O)c1. The third-order valence-electron chi connectivity index (χ3n) is 4.14. The molecule has 0 unspecified atom stereocenters. The van der Waals surface area contributed by atoms with E-state index in [2.05, 4.69) is 15.6 Å². The highest BCUT2D eigenvalue weighted by Crippen LogP contribution is 2.11. The van der Waals surface area contributed by atoms with Gasteiger partial charge in [0.05, 0.1) is 0 Å². The third-order valence-corrected chi connectivity index (χ3v) is 4.14. The van der Waals surface area contributed by atoms with Gasteiger partial charge >= 0.3 is 12.0 Å². The number of rotatable bonds is 14. The van der Waals surface area contributed by atoms with E-state index in [1.165, 1.54) is 37.9 Å². The van der Waals surface area contributed by atoms with Gasteiger partial charge in [0.15, 0.2) is 0 Å². The summed E-state index contributed by atoms with van der Waals surface area (Å²) in [6.45, 7) is 0.624. The van der Waals surface area contributed by atoms with Crippen molar-refractivity contribution in [1.29, 1.82) is 0 Å². The zero-order valence-corrected chi connectivity index (χ0v) is 15.4. The molecule has 1 aromatic heterocycles. The Morgan fingerprint density at radius 3 is 2.08 bits per heavy atom. The van der Waals surface area contributed by atoms with Crippen LogP contribution in [0.15, 0.2) is 23.1 Å². The maximum Gasteiger partial charge on any atom is 0.319 e. The summed E-state index contributed by atoms with van der Waals surface area (Å²) in [6, 6.07) is 2.68. The van der Waals surface area contributed by atoms with Crippen LogP contribution in [-0.4, -0.2) is 28.6 Å². The second-order valence-electron chi connectivity index (χ2n) is 6.50. The Morgan fingerprint density at radius 2 is 1.50 bits per heavy atom. The highest BCUT2D eigenvalue weighted by Gasteiger charge is 2.01. The van der Waals surface area contributed by atoms with Crippen molar-refractivity contribution < 1.29 is 14.7 Å². The number of aromatic nitrogens is 1. The highest BCUT2D eigenvalue weighted by molar-refractivity contribution is 5.88. The first-order valence-electron chi connectivity index (χ1n) is 9.53. The van der Waals surface area contributed by atoms with Crippen LogP contribution >= 0.6 is 0 Å². The molecule has 0 radical (unpaired) electrons. The summed E-state index contributed by atoms with van der Waals surface area (Å²) in [5.74, 6) is -0.702. The summed E-state index contributed by atoms with van der Waals surface area (Å²) < 4.78 is 0. The number of anilines is 1. The Labute approximate surface area is 154 Å².